The van der Waals surface area contributed by atoms with E-state index in [1.54, 1.807) is 18.2 Å². The lowest BCUT2D eigenvalue weighted by molar-refractivity contribution is 0.0676. The monoisotopic (exact) mass is 408 g/mol. The summed E-state index contributed by atoms with van der Waals surface area (Å²) in [4.78, 5) is 18.2. The zero-order valence-corrected chi connectivity index (χ0v) is 15.7. The van der Waals surface area contributed by atoms with Gasteiger partial charge in [-0.25, -0.2) is 15.0 Å². The number of para-hydroxylation sites is 2. The quantitative estimate of drug-likeness (QED) is 0.633. The van der Waals surface area contributed by atoms with Gasteiger partial charge in [-0.1, -0.05) is 29.8 Å². The van der Waals surface area contributed by atoms with Gasteiger partial charge in [0, 0.05) is 12.4 Å². The first kappa shape index (κ1) is 17.4. The van der Waals surface area contributed by atoms with E-state index in [0.29, 0.717) is 52.6 Å². The number of hydrogen-bond acceptors (Lipinski definition) is 8. The molecule has 0 bridgehead atoms. The first-order valence-corrected chi connectivity index (χ1v) is 9.14. The molecule has 8 nitrogen and oxygen atoms in total. The van der Waals surface area contributed by atoms with Gasteiger partial charge in [0.1, 0.15) is 18.1 Å². The Morgan fingerprint density at radius 1 is 0.931 bits per heavy atom. The Morgan fingerprint density at radius 3 is 2.66 bits per heavy atom. The lowest BCUT2D eigenvalue weighted by Gasteiger charge is -2.17. The zero-order chi connectivity index (χ0) is 19.6. The van der Waals surface area contributed by atoms with Crippen LogP contribution in [0, 0.1) is 0 Å². The van der Waals surface area contributed by atoms with E-state index < -0.39 is 0 Å². The molecule has 2 aliphatic rings. The van der Waals surface area contributed by atoms with Crippen LogP contribution in [0.4, 0.5) is 5.82 Å². The van der Waals surface area contributed by atoms with Crippen LogP contribution in [0.25, 0.3) is 0 Å². The Labute approximate surface area is 170 Å². The van der Waals surface area contributed by atoms with Crippen LogP contribution in [0.3, 0.4) is 0 Å². The Balaban J connectivity index is 1.67. The number of aliphatic imine (C=N–C) groups is 1. The molecule has 0 N–H and O–H groups in total. The molecule has 2 aliphatic heterocycles. The normalized spacial score (nSPS) is 14.7. The predicted octanol–water partition coefficient (Wildman–Crippen LogP) is 4.51. The highest BCUT2D eigenvalue weighted by atomic mass is 35.5. The molecule has 0 saturated carbocycles. The van der Waals surface area contributed by atoms with Crippen LogP contribution in [-0.4, -0.2) is 34.8 Å². The van der Waals surface area contributed by atoms with Crippen LogP contribution in [0.15, 0.2) is 65.0 Å². The fourth-order valence-corrected chi connectivity index (χ4v) is 3.02. The van der Waals surface area contributed by atoms with Gasteiger partial charge in [0.25, 0.3) is 11.8 Å². The average Bonchev–Trinajstić information content (AvgIpc) is 2.93. The summed E-state index contributed by atoms with van der Waals surface area (Å²) in [5.74, 6) is 2.06. The maximum absolute atomic E-state index is 6.25. The molecule has 0 saturated heterocycles. The lowest BCUT2D eigenvalue weighted by atomic mass is 10.1. The standard InChI is InChI=1S/C20H13ClN4O4/c21-13-5-1-2-6-14(13)28-15-7-3-4-12-16(19-25-27-11-10-26-19)24-18-20(29-17(12)15)23-9-8-22-18/h1-9H,10-11H2. The summed E-state index contributed by atoms with van der Waals surface area (Å²) in [6.07, 6.45) is 3.05. The van der Waals surface area contributed by atoms with E-state index >= 15 is 0 Å². The fraction of sp³-hybridized carbons (Fsp3) is 0.100. The smallest absolute Gasteiger partial charge is 0.277 e. The Kier molecular flexibility index (Phi) is 4.45. The number of benzene rings is 2. The van der Waals surface area contributed by atoms with E-state index in [0.717, 1.165) is 0 Å². The lowest BCUT2D eigenvalue weighted by Crippen LogP contribution is -2.25. The van der Waals surface area contributed by atoms with Gasteiger partial charge in [0.15, 0.2) is 18.1 Å². The summed E-state index contributed by atoms with van der Waals surface area (Å²) in [5, 5.41) is 4.47. The van der Waals surface area contributed by atoms with E-state index in [4.69, 9.17) is 30.6 Å². The highest BCUT2D eigenvalue weighted by Gasteiger charge is 2.29. The predicted molar refractivity (Wildman–Crippen MR) is 106 cm³/mol. The van der Waals surface area contributed by atoms with Gasteiger partial charge in [-0.2, -0.15) is 0 Å². The van der Waals surface area contributed by atoms with Gasteiger partial charge in [0.05, 0.1) is 10.6 Å². The first-order chi connectivity index (χ1) is 14.3. The second kappa shape index (κ2) is 7.40. The third kappa shape index (κ3) is 3.34. The van der Waals surface area contributed by atoms with Crippen molar-refractivity contribution in [3.63, 3.8) is 0 Å². The molecule has 9 heteroatoms. The second-order valence-corrected chi connectivity index (χ2v) is 6.40. The Morgan fingerprint density at radius 2 is 1.79 bits per heavy atom. The molecule has 3 aromatic rings. The van der Waals surface area contributed by atoms with Crippen molar-refractivity contribution < 1.29 is 19.0 Å². The number of aromatic nitrogens is 2. The number of nitrogens with zero attached hydrogens (tertiary/aromatic N) is 4. The van der Waals surface area contributed by atoms with Gasteiger partial charge in [-0.05, 0) is 29.4 Å². The molecule has 0 atom stereocenters. The van der Waals surface area contributed by atoms with Gasteiger partial charge in [0.2, 0.25) is 5.82 Å². The minimum atomic E-state index is 0.231. The maximum atomic E-state index is 6.25. The topological polar surface area (TPSA) is 87.4 Å². The molecular weight excluding hydrogens is 396 g/mol. The number of ether oxygens (including phenoxy) is 3. The number of fused-ring (bicyclic) bond motifs is 2. The van der Waals surface area contributed by atoms with Crippen molar-refractivity contribution in [1.82, 2.24) is 9.97 Å². The van der Waals surface area contributed by atoms with Crippen LogP contribution < -0.4 is 9.47 Å². The highest BCUT2D eigenvalue weighted by molar-refractivity contribution is 6.46. The largest absolute Gasteiger partial charge is 0.470 e. The number of oxime groups is 1. The van der Waals surface area contributed by atoms with Crippen LogP contribution in [0.1, 0.15) is 5.56 Å². The molecule has 3 heterocycles. The summed E-state index contributed by atoms with van der Waals surface area (Å²) in [6.45, 7) is 0.726. The molecular formula is C20H13ClN4O4. The van der Waals surface area contributed by atoms with Crippen LogP contribution >= 0.6 is 11.6 Å². The highest BCUT2D eigenvalue weighted by Crippen LogP contribution is 2.43. The van der Waals surface area contributed by atoms with Gasteiger partial charge >= 0.3 is 0 Å². The van der Waals surface area contributed by atoms with Crippen molar-refractivity contribution in [3.8, 4) is 23.1 Å². The summed E-state index contributed by atoms with van der Waals surface area (Å²) in [7, 11) is 0. The van der Waals surface area contributed by atoms with Crippen molar-refractivity contribution in [2.24, 2.45) is 10.1 Å². The van der Waals surface area contributed by atoms with Crippen molar-refractivity contribution >= 4 is 29.0 Å². The Bertz CT molecular complexity index is 1150. The molecule has 0 aliphatic carbocycles. The van der Waals surface area contributed by atoms with Gasteiger partial charge < -0.3 is 19.0 Å². The zero-order valence-electron chi connectivity index (χ0n) is 14.9. The molecule has 2 aromatic carbocycles. The van der Waals surface area contributed by atoms with E-state index in [-0.39, 0.29) is 11.8 Å². The van der Waals surface area contributed by atoms with Crippen molar-refractivity contribution in [3.05, 3.63) is 65.4 Å². The van der Waals surface area contributed by atoms with E-state index in [2.05, 4.69) is 20.1 Å². The van der Waals surface area contributed by atoms with E-state index in [1.807, 2.05) is 24.3 Å². The number of rotatable bonds is 3. The summed E-state index contributed by atoms with van der Waals surface area (Å²) in [6, 6.07) is 12.6. The molecule has 0 unspecified atom stereocenters. The molecule has 0 spiro atoms. The van der Waals surface area contributed by atoms with E-state index in [9.17, 15) is 0 Å². The molecule has 0 radical (unpaired) electrons. The van der Waals surface area contributed by atoms with Crippen molar-refractivity contribution in [2.75, 3.05) is 13.2 Å². The van der Waals surface area contributed by atoms with Crippen molar-refractivity contribution in [1.29, 1.82) is 0 Å². The number of hydrogen-bond donors (Lipinski definition) is 0. The molecule has 144 valence electrons. The van der Waals surface area contributed by atoms with Gasteiger partial charge in [-0.15, -0.1) is 0 Å². The molecule has 0 amide bonds. The molecule has 0 fully saturated rings. The summed E-state index contributed by atoms with van der Waals surface area (Å²) < 4.78 is 17.8. The average molecular weight is 409 g/mol. The van der Waals surface area contributed by atoms with Gasteiger partial charge in [-0.3, -0.25) is 0 Å². The minimum absolute atomic E-state index is 0.231. The molecule has 5 rings (SSSR count). The van der Waals surface area contributed by atoms with Crippen LogP contribution in [0.2, 0.25) is 5.02 Å². The number of halogens is 1. The Hall–Kier alpha value is -3.65. The van der Waals surface area contributed by atoms with E-state index in [1.165, 1.54) is 12.4 Å². The summed E-state index contributed by atoms with van der Waals surface area (Å²) in [5.41, 5.74) is 1.00. The fourth-order valence-electron chi connectivity index (χ4n) is 2.84. The van der Waals surface area contributed by atoms with Crippen LogP contribution in [-0.2, 0) is 9.57 Å². The van der Waals surface area contributed by atoms with Crippen molar-refractivity contribution in [2.45, 2.75) is 0 Å². The maximum Gasteiger partial charge on any atom is 0.277 e. The third-order valence-corrected chi connectivity index (χ3v) is 4.43. The minimum Gasteiger partial charge on any atom is -0.470 e. The SMILES string of the molecule is Clc1ccccc1Oc1cccc2c1Oc1nccnc1N=C2C1=NOCCO1. The third-order valence-electron chi connectivity index (χ3n) is 4.12. The molecule has 1 aromatic heterocycles. The second-order valence-electron chi connectivity index (χ2n) is 5.99. The summed E-state index contributed by atoms with van der Waals surface area (Å²) >= 11 is 6.25. The molecule has 29 heavy (non-hydrogen) atoms. The van der Waals surface area contributed by atoms with Crippen LogP contribution in [0.5, 0.6) is 23.1 Å². The first-order valence-electron chi connectivity index (χ1n) is 8.76.